The molecule has 12 rings (SSSR count). The minimum absolute atomic E-state index is 0.528. The van der Waals surface area contributed by atoms with E-state index in [9.17, 15) is 15.8 Å². The van der Waals surface area contributed by atoms with Crippen LogP contribution >= 0.6 is 0 Å². The molecule has 63 heavy (non-hydrogen) atoms. The summed E-state index contributed by atoms with van der Waals surface area (Å²) >= 11 is 0. The van der Waals surface area contributed by atoms with Gasteiger partial charge in [-0.15, -0.1) is 0 Å². The van der Waals surface area contributed by atoms with E-state index in [1.807, 2.05) is 91.0 Å². The van der Waals surface area contributed by atoms with Gasteiger partial charge in [-0.1, -0.05) is 140 Å². The summed E-state index contributed by atoms with van der Waals surface area (Å²) in [5.41, 5.74) is 13.7. The summed E-state index contributed by atoms with van der Waals surface area (Å²) in [6.07, 6.45) is 0. The highest BCUT2D eigenvalue weighted by molar-refractivity contribution is 6.40. The van der Waals surface area contributed by atoms with Gasteiger partial charge >= 0.3 is 0 Å². The van der Waals surface area contributed by atoms with E-state index < -0.39 is 0 Å². The summed E-state index contributed by atoms with van der Waals surface area (Å²) in [5.74, 6) is 0. The number of nitrogens with zero attached hydrogens (tertiary/aromatic N) is 6. The van der Waals surface area contributed by atoms with E-state index in [4.69, 9.17) is 0 Å². The number of fused-ring (bicyclic) bond motifs is 12. The normalized spacial score (nSPS) is 11.4. The molecule has 0 bridgehead atoms. The van der Waals surface area contributed by atoms with Gasteiger partial charge in [-0.2, -0.15) is 15.8 Å². The monoisotopic (exact) mass is 800 g/mol. The first-order chi connectivity index (χ1) is 31.2. The Balaban J connectivity index is 1.33. The Morgan fingerprint density at radius 2 is 0.667 bits per heavy atom. The van der Waals surface area contributed by atoms with Crippen molar-refractivity contribution in [1.29, 1.82) is 15.8 Å². The Morgan fingerprint density at radius 1 is 0.302 bits per heavy atom. The smallest absolute Gasteiger partial charge is 0.101 e. The van der Waals surface area contributed by atoms with Crippen LogP contribution in [0.2, 0.25) is 0 Å². The third-order valence-electron chi connectivity index (χ3n) is 12.5. The van der Waals surface area contributed by atoms with Crippen molar-refractivity contribution in [3.8, 4) is 57.5 Å². The Bertz CT molecular complexity index is 3920. The second kappa shape index (κ2) is 14.0. The van der Waals surface area contributed by atoms with Gasteiger partial charge < -0.3 is 13.7 Å². The Hall–Kier alpha value is -9.15. The average Bonchev–Trinajstić information content (AvgIpc) is 4.00. The lowest BCUT2D eigenvalue weighted by atomic mass is 9.93. The number of para-hydroxylation sites is 5. The Labute approximate surface area is 361 Å². The number of aromatic nitrogens is 3. The molecule has 0 fully saturated rings. The topological polar surface area (TPSA) is 86.2 Å². The van der Waals surface area contributed by atoms with Crippen LogP contribution in [0.4, 0.5) is 0 Å². The van der Waals surface area contributed by atoms with Crippen LogP contribution < -0.4 is 0 Å². The van der Waals surface area contributed by atoms with Crippen molar-refractivity contribution in [3.05, 3.63) is 211 Å². The summed E-state index contributed by atoms with van der Waals surface area (Å²) in [5, 5.41) is 38.5. The van der Waals surface area contributed by atoms with Crippen LogP contribution in [0.3, 0.4) is 0 Å². The largest absolute Gasteiger partial charge is 0.307 e. The second-order valence-corrected chi connectivity index (χ2v) is 15.7. The second-order valence-electron chi connectivity index (χ2n) is 15.7. The van der Waals surface area contributed by atoms with Crippen LogP contribution in [0.5, 0.6) is 0 Å². The molecule has 0 amide bonds. The summed E-state index contributed by atoms with van der Waals surface area (Å²) in [7, 11) is 0. The van der Waals surface area contributed by atoms with E-state index in [1.54, 1.807) is 0 Å². The molecule has 0 N–H and O–H groups in total. The zero-order valence-electron chi connectivity index (χ0n) is 33.7. The minimum atomic E-state index is 0.528. The van der Waals surface area contributed by atoms with E-state index >= 15 is 0 Å². The van der Waals surface area contributed by atoms with Crippen molar-refractivity contribution in [2.24, 2.45) is 0 Å². The van der Waals surface area contributed by atoms with E-state index in [2.05, 4.69) is 135 Å². The summed E-state index contributed by atoms with van der Waals surface area (Å²) < 4.78 is 6.76. The first-order valence-electron chi connectivity index (χ1n) is 20.8. The third kappa shape index (κ3) is 5.09. The van der Waals surface area contributed by atoms with Crippen LogP contribution in [0.15, 0.2) is 194 Å². The Morgan fingerprint density at radius 3 is 1.13 bits per heavy atom. The van der Waals surface area contributed by atoms with Crippen molar-refractivity contribution in [1.82, 2.24) is 13.7 Å². The zero-order chi connectivity index (χ0) is 42.2. The molecular formula is C57H32N6. The van der Waals surface area contributed by atoms with Gasteiger partial charge in [0.1, 0.15) is 18.2 Å². The maximum Gasteiger partial charge on any atom is 0.101 e. The van der Waals surface area contributed by atoms with E-state index in [1.165, 1.54) is 0 Å². The third-order valence-corrected chi connectivity index (χ3v) is 12.5. The van der Waals surface area contributed by atoms with Gasteiger partial charge in [0.25, 0.3) is 0 Å². The standard InChI is InChI=1S/C57H32N6/c58-33-38-18-4-11-25-46(38)61-49-27-13-8-22-43(49)52-55-53(44-23-9-14-28-50(44)62(55)47-26-12-5-19-39(47)34-59)57-54(56(52)61)45-24-10-15-29-51(45)63(57)48-31-30-37(32-40(48)35-60)42-21-7-6-20-41(42)36-16-2-1-3-17-36/h1-32H. The first-order valence-corrected chi connectivity index (χ1v) is 20.8. The van der Waals surface area contributed by atoms with Gasteiger partial charge in [0, 0.05) is 32.3 Å². The molecule has 9 aromatic carbocycles. The summed E-state index contributed by atoms with van der Waals surface area (Å²) in [6, 6.07) is 73.2. The molecule has 0 aliphatic carbocycles. The highest BCUT2D eigenvalue weighted by Gasteiger charge is 2.30. The quantitative estimate of drug-likeness (QED) is 0.174. The van der Waals surface area contributed by atoms with Crippen molar-refractivity contribution in [2.75, 3.05) is 0 Å². The van der Waals surface area contributed by atoms with Gasteiger partial charge in [-0.3, -0.25) is 0 Å². The molecule has 290 valence electrons. The molecule has 12 aromatic rings. The number of hydrogen-bond donors (Lipinski definition) is 0. The molecule has 6 heteroatoms. The van der Waals surface area contributed by atoms with Crippen LogP contribution in [0.25, 0.3) is 105 Å². The predicted molar refractivity (Wildman–Crippen MR) is 254 cm³/mol. The summed E-state index contributed by atoms with van der Waals surface area (Å²) in [4.78, 5) is 0. The average molecular weight is 801 g/mol. The number of hydrogen-bond acceptors (Lipinski definition) is 3. The van der Waals surface area contributed by atoms with Gasteiger partial charge in [-0.05, 0) is 76.9 Å². The molecule has 3 aromatic heterocycles. The van der Waals surface area contributed by atoms with Gasteiger partial charge in [-0.25, -0.2) is 0 Å². The molecule has 0 unspecified atom stereocenters. The molecular weight excluding hydrogens is 769 g/mol. The molecule has 0 saturated carbocycles. The van der Waals surface area contributed by atoms with Crippen LogP contribution in [-0.4, -0.2) is 13.7 Å². The molecule has 0 aliphatic rings. The van der Waals surface area contributed by atoms with E-state index in [0.29, 0.717) is 16.7 Å². The molecule has 0 aliphatic heterocycles. The molecule has 0 saturated heterocycles. The zero-order valence-corrected chi connectivity index (χ0v) is 33.7. The minimum Gasteiger partial charge on any atom is -0.307 e. The van der Waals surface area contributed by atoms with Gasteiger partial charge in [0.15, 0.2) is 0 Å². The van der Waals surface area contributed by atoms with Crippen molar-refractivity contribution in [2.45, 2.75) is 0 Å². The maximum atomic E-state index is 11.2. The van der Waals surface area contributed by atoms with Crippen LogP contribution in [0, 0.1) is 34.0 Å². The lowest BCUT2D eigenvalue weighted by Crippen LogP contribution is -2.01. The first kappa shape index (κ1) is 35.8. The van der Waals surface area contributed by atoms with Gasteiger partial charge in [0.2, 0.25) is 0 Å². The fourth-order valence-corrected chi connectivity index (χ4v) is 10.0. The molecule has 3 heterocycles. The van der Waals surface area contributed by atoms with Crippen molar-refractivity contribution < 1.29 is 0 Å². The SMILES string of the molecule is N#Cc1ccccc1-n1c2ccccc2c2c1c1c3ccccc3n(-c3ccc(-c4ccccc4-c4ccccc4)cc3C#N)c1c1c3ccccc3n(-c3ccccc3C#N)c21. The summed E-state index contributed by atoms with van der Waals surface area (Å²) in [6.45, 7) is 0. The molecule has 0 spiro atoms. The Kier molecular flexibility index (Phi) is 7.93. The molecule has 6 nitrogen and oxygen atoms in total. The number of nitriles is 3. The molecule has 0 atom stereocenters. The van der Waals surface area contributed by atoms with E-state index in [0.717, 1.165) is 105 Å². The van der Waals surface area contributed by atoms with Crippen LogP contribution in [0.1, 0.15) is 16.7 Å². The molecule has 0 radical (unpaired) electrons. The highest BCUT2D eigenvalue weighted by Crippen LogP contribution is 2.51. The van der Waals surface area contributed by atoms with Crippen molar-refractivity contribution >= 4 is 65.4 Å². The fourth-order valence-electron chi connectivity index (χ4n) is 10.0. The number of rotatable bonds is 5. The number of benzene rings is 9. The highest BCUT2D eigenvalue weighted by atomic mass is 15.1. The lowest BCUT2D eigenvalue weighted by molar-refractivity contribution is 1.16. The fraction of sp³-hybridized carbons (Fsp3) is 0. The van der Waals surface area contributed by atoms with Crippen molar-refractivity contribution in [3.63, 3.8) is 0 Å². The van der Waals surface area contributed by atoms with Gasteiger partial charge in [0.05, 0.1) is 66.9 Å². The maximum absolute atomic E-state index is 11.2. The predicted octanol–water partition coefficient (Wildman–Crippen LogP) is 13.9. The van der Waals surface area contributed by atoms with Crippen LogP contribution in [-0.2, 0) is 0 Å². The van der Waals surface area contributed by atoms with E-state index in [-0.39, 0.29) is 0 Å². The lowest BCUT2D eigenvalue weighted by Gasteiger charge is -2.16.